The Labute approximate surface area is 70.9 Å². The zero-order valence-electron chi connectivity index (χ0n) is 6.92. The summed E-state index contributed by atoms with van der Waals surface area (Å²) in [5.41, 5.74) is 0.994. The molecule has 2 N–H and O–H groups in total. The van der Waals surface area contributed by atoms with Gasteiger partial charge in [0.1, 0.15) is 5.84 Å². The van der Waals surface area contributed by atoms with Crippen LogP contribution in [0.5, 0.6) is 0 Å². The first-order chi connectivity index (χ1) is 5.68. The maximum Gasteiger partial charge on any atom is 0.216 e. The molecule has 4 nitrogen and oxygen atoms in total. The molecule has 0 spiro atoms. The van der Waals surface area contributed by atoms with Crippen LogP contribution in [0.25, 0.3) is 0 Å². The third-order valence-electron chi connectivity index (χ3n) is 1.48. The molecule has 0 saturated carbocycles. The van der Waals surface area contributed by atoms with Crippen molar-refractivity contribution in [2.45, 2.75) is 13.3 Å². The molecule has 0 radical (unpaired) electrons. The first-order valence-electron chi connectivity index (χ1n) is 3.76. The molecular weight excluding hydrogens is 154 g/mol. The Hall–Kier alpha value is -1.45. The average Bonchev–Trinajstić information content (AvgIpc) is 2.35. The molecule has 4 heteroatoms. The number of nitrogens with zero attached hydrogens (tertiary/aromatic N) is 1. The monoisotopic (exact) mass is 165 g/mol. The Morgan fingerprint density at radius 2 is 2.50 bits per heavy atom. The zero-order valence-corrected chi connectivity index (χ0v) is 6.92. The van der Waals surface area contributed by atoms with E-state index in [1.165, 1.54) is 6.92 Å². The lowest BCUT2D eigenvalue weighted by Crippen LogP contribution is -2.21. The maximum absolute atomic E-state index is 10.5. The Morgan fingerprint density at radius 1 is 1.75 bits per heavy atom. The second-order valence-electron chi connectivity index (χ2n) is 2.60. The van der Waals surface area contributed by atoms with Gasteiger partial charge < -0.3 is 5.32 Å². The zero-order chi connectivity index (χ0) is 8.97. The highest BCUT2D eigenvalue weighted by atomic mass is 16.1. The standard InChI is InChI=1S/C8H11N3O/c1-6(12)10-3-2-7-4-8(9)11-5-7/h4-5,9H,2-3H2,1H3,(H,10,12). The topological polar surface area (TPSA) is 65.3 Å². The number of amidine groups is 1. The summed E-state index contributed by atoms with van der Waals surface area (Å²) in [6.45, 7) is 2.10. The van der Waals surface area contributed by atoms with Crippen molar-refractivity contribution in [2.75, 3.05) is 6.54 Å². The minimum Gasteiger partial charge on any atom is -0.356 e. The van der Waals surface area contributed by atoms with Gasteiger partial charge in [-0.15, -0.1) is 0 Å². The fourth-order valence-electron chi connectivity index (χ4n) is 0.922. The fraction of sp³-hybridized carbons (Fsp3) is 0.375. The van der Waals surface area contributed by atoms with E-state index in [0.717, 1.165) is 12.0 Å². The van der Waals surface area contributed by atoms with Crippen LogP contribution in [0.1, 0.15) is 13.3 Å². The minimum absolute atomic E-state index is 0.0272. The van der Waals surface area contributed by atoms with Crippen molar-refractivity contribution in [3.8, 4) is 0 Å². The number of hydrogen-bond donors (Lipinski definition) is 2. The highest BCUT2D eigenvalue weighted by molar-refractivity contribution is 6.07. The molecule has 1 rings (SSSR count). The van der Waals surface area contributed by atoms with Gasteiger partial charge in [-0.2, -0.15) is 0 Å². The normalized spacial score (nSPS) is 14.8. The van der Waals surface area contributed by atoms with Gasteiger partial charge in [-0.1, -0.05) is 0 Å². The summed E-state index contributed by atoms with van der Waals surface area (Å²) < 4.78 is 0. The van der Waals surface area contributed by atoms with E-state index in [1.54, 1.807) is 12.3 Å². The van der Waals surface area contributed by atoms with Crippen LogP contribution >= 0.6 is 0 Å². The van der Waals surface area contributed by atoms with Gasteiger partial charge >= 0.3 is 0 Å². The summed E-state index contributed by atoms with van der Waals surface area (Å²) >= 11 is 0. The van der Waals surface area contributed by atoms with Gasteiger partial charge in [-0.25, -0.2) is 4.99 Å². The van der Waals surface area contributed by atoms with Gasteiger partial charge in [0.25, 0.3) is 0 Å². The quantitative estimate of drug-likeness (QED) is 0.628. The molecule has 1 aliphatic heterocycles. The van der Waals surface area contributed by atoms with Gasteiger partial charge in [-0.3, -0.25) is 10.2 Å². The second-order valence-corrected chi connectivity index (χ2v) is 2.60. The predicted octanol–water partition coefficient (Wildman–Crippen LogP) is 0.501. The summed E-state index contributed by atoms with van der Waals surface area (Å²) in [5.74, 6) is 0.258. The number of aliphatic imine (C=N–C) groups is 1. The van der Waals surface area contributed by atoms with Crippen molar-refractivity contribution < 1.29 is 4.79 Å². The molecule has 0 saturated heterocycles. The van der Waals surface area contributed by atoms with E-state index < -0.39 is 0 Å². The largest absolute Gasteiger partial charge is 0.356 e. The van der Waals surface area contributed by atoms with Crippen molar-refractivity contribution in [3.63, 3.8) is 0 Å². The summed E-state index contributed by atoms with van der Waals surface area (Å²) in [7, 11) is 0. The van der Waals surface area contributed by atoms with Crippen LogP contribution in [-0.4, -0.2) is 24.5 Å². The fourth-order valence-corrected chi connectivity index (χ4v) is 0.922. The molecule has 1 aliphatic rings. The minimum atomic E-state index is -0.0272. The van der Waals surface area contributed by atoms with Gasteiger partial charge in [0.2, 0.25) is 5.91 Å². The van der Waals surface area contributed by atoms with Gasteiger partial charge in [0, 0.05) is 19.7 Å². The van der Waals surface area contributed by atoms with Crippen LogP contribution in [0.2, 0.25) is 0 Å². The molecular formula is C8H11N3O. The van der Waals surface area contributed by atoms with Crippen LogP contribution in [0.15, 0.2) is 16.6 Å². The van der Waals surface area contributed by atoms with Gasteiger partial charge in [0.15, 0.2) is 0 Å². The van der Waals surface area contributed by atoms with Crippen LogP contribution in [0, 0.1) is 5.41 Å². The van der Waals surface area contributed by atoms with Crippen molar-refractivity contribution in [1.29, 1.82) is 5.41 Å². The number of hydrogen-bond acceptors (Lipinski definition) is 2. The molecule has 0 atom stereocenters. The lowest BCUT2D eigenvalue weighted by atomic mass is 10.2. The van der Waals surface area contributed by atoms with E-state index in [9.17, 15) is 4.79 Å². The third kappa shape index (κ3) is 2.65. The molecule has 0 aromatic heterocycles. The molecule has 12 heavy (non-hydrogen) atoms. The second kappa shape index (κ2) is 3.80. The highest BCUT2D eigenvalue weighted by Gasteiger charge is 2.02. The van der Waals surface area contributed by atoms with Crippen LogP contribution < -0.4 is 5.32 Å². The Morgan fingerprint density at radius 3 is 3.00 bits per heavy atom. The molecule has 0 aromatic rings. The number of nitrogens with one attached hydrogen (secondary N) is 2. The summed E-state index contributed by atoms with van der Waals surface area (Å²) in [4.78, 5) is 14.2. The van der Waals surface area contributed by atoms with Crippen LogP contribution in [-0.2, 0) is 4.79 Å². The first kappa shape index (κ1) is 8.64. The number of rotatable bonds is 3. The highest BCUT2D eigenvalue weighted by Crippen LogP contribution is 2.03. The molecule has 0 aromatic carbocycles. The Kier molecular flexibility index (Phi) is 2.74. The molecule has 1 heterocycles. The maximum atomic E-state index is 10.5. The lowest BCUT2D eigenvalue weighted by molar-refractivity contribution is -0.118. The molecule has 1 amide bonds. The average molecular weight is 165 g/mol. The van der Waals surface area contributed by atoms with Gasteiger partial charge in [-0.05, 0) is 18.1 Å². The Balaban J connectivity index is 2.25. The molecule has 0 bridgehead atoms. The Bertz CT molecular complexity index is 265. The van der Waals surface area contributed by atoms with Crippen molar-refractivity contribution in [2.24, 2.45) is 4.99 Å². The third-order valence-corrected chi connectivity index (χ3v) is 1.48. The number of carbonyl (C=O) groups is 1. The van der Waals surface area contributed by atoms with E-state index in [-0.39, 0.29) is 11.7 Å². The number of amides is 1. The van der Waals surface area contributed by atoms with E-state index in [4.69, 9.17) is 5.41 Å². The van der Waals surface area contributed by atoms with E-state index in [2.05, 4.69) is 10.3 Å². The van der Waals surface area contributed by atoms with Gasteiger partial charge in [0.05, 0.1) is 0 Å². The first-order valence-corrected chi connectivity index (χ1v) is 3.76. The smallest absolute Gasteiger partial charge is 0.216 e. The van der Waals surface area contributed by atoms with Crippen molar-refractivity contribution >= 4 is 18.0 Å². The van der Waals surface area contributed by atoms with Crippen LogP contribution in [0.4, 0.5) is 0 Å². The molecule has 0 aliphatic carbocycles. The summed E-state index contributed by atoms with van der Waals surface area (Å²) in [6, 6.07) is 0. The van der Waals surface area contributed by atoms with E-state index >= 15 is 0 Å². The summed E-state index contributed by atoms with van der Waals surface area (Å²) in [6.07, 6.45) is 4.09. The van der Waals surface area contributed by atoms with Crippen molar-refractivity contribution in [3.05, 3.63) is 11.6 Å². The molecule has 64 valence electrons. The van der Waals surface area contributed by atoms with E-state index in [1.807, 2.05) is 0 Å². The SMILES string of the molecule is CC(=O)NCCC1=CC(=N)N=C1. The predicted molar refractivity (Wildman–Crippen MR) is 47.6 cm³/mol. The molecule has 0 fully saturated rings. The van der Waals surface area contributed by atoms with Crippen LogP contribution in [0.3, 0.4) is 0 Å². The van der Waals surface area contributed by atoms with Crippen molar-refractivity contribution in [1.82, 2.24) is 5.32 Å². The van der Waals surface area contributed by atoms with E-state index in [0.29, 0.717) is 6.54 Å². The molecule has 0 unspecified atom stereocenters. The summed E-state index contributed by atoms with van der Waals surface area (Å²) in [5, 5.41) is 9.81. The lowest BCUT2D eigenvalue weighted by Gasteiger charge is -1.99. The number of carbonyl (C=O) groups excluding carboxylic acids is 1.